The van der Waals surface area contributed by atoms with Gasteiger partial charge >= 0.3 is 16.3 Å². The van der Waals surface area contributed by atoms with Crippen LogP contribution in [0.4, 0.5) is 10.5 Å². The lowest BCUT2D eigenvalue weighted by molar-refractivity contribution is 0.177. The molecule has 0 bridgehead atoms. The zero-order valence-electron chi connectivity index (χ0n) is 10.3. The summed E-state index contributed by atoms with van der Waals surface area (Å²) >= 11 is 0. The minimum absolute atomic E-state index is 0.00327. The first kappa shape index (κ1) is 15.1. The normalized spacial score (nSPS) is 10.8. The lowest BCUT2D eigenvalue weighted by Gasteiger charge is -2.08. The number of nitrogens with two attached hydrogens (primary N) is 1. The van der Waals surface area contributed by atoms with Crippen molar-refractivity contribution in [1.29, 1.82) is 0 Å². The monoisotopic (exact) mass is 289 g/mol. The van der Waals surface area contributed by atoms with E-state index in [1.54, 1.807) is 29.0 Å². The van der Waals surface area contributed by atoms with E-state index in [0.29, 0.717) is 11.4 Å². The molecule has 1 amide bonds. The summed E-state index contributed by atoms with van der Waals surface area (Å²) < 4.78 is 35.7. The summed E-state index contributed by atoms with van der Waals surface area (Å²) in [6.07, 6.45) is -1.06. The van der Waals surface area contributed by atoms with Crippen molar-refractivity contribution in [1.82, 2.24) is 9.44 Å². The molecule has 0 aliphatic rings. The number of carbonyl (C=O) groups is 1. The number of hydrogen-bond acceptors (Lipinski definition) is 6. The number of nitrogen functional groups attached to an aromatic ring is 1. The Morgan fingerprint density at radius 1 is 1.32 bits per heavy atom. The van der Waals surface area contributed by atoms with Gasteiger partial charge in [-0.3, -0.25) is 0 Å². The molecule has 0 heterocycles. The molecule has 1 rings (SSSR count). The number of hydrogen-bond donors (Lipinski definition) is 3. The Bertz CT molecular complexity index is 514. The number of ether oxygens (including phenoxy) is 2. The number of anilines is 1. The first-order valence-electron chi connectivity index (χ1n) is 5.26. The van der Waals surface area contributed by atoms with E-state index >= 15 is 0 Å². The fourth-order valence-corrected chi connectivity index (χ4v) is 1.82. The lowest BCUT2D eigenvalue weighted by atomic mass is 10.3. The lowest BCUT2D eigenvalue weighted by Crippen LogP contribution is -2.41. The van der Waals surface area contributed by atoms with Gasteiger partial charge in [0.1, 0.15) is 12.4 Å². The molecule has 0 radical (unpaired) electrons. The SMILES string of the molecule is COC(=O)NS(=O)(=O)NCCOc1ccc(N)cc1. The van der Waals surface area contributed by atoms with Crippen molar-refractivity contribution in [3.8, 4) is 5.75 Å². The molecule has 19 heavy (non-hydrogen) atoms. The predicted molar refractivity (Wildman–Crippen MR) is 68.8 cm³/mol. The van der Waals surface area contributed by atoms with Crippen LogP contribution in [0.1, 0.15) is 0 Å². The van der Waals surface area contributed by atoms with E-state index in [2.05, 4.69) is 9.46 Å². The number of amides is 1. The highest BCUT2D eigenvalue weighted by atomic mass is 32.2. The van der Waals surface area contributed by atoms with E-state index in [9.17, 15) is 13.2 Å². The van der Waals surface area contributed by atoms with Crippen molar-refractivity contribution in [3.63, 3.8) is 0 Å². The molecule has 0 spiro atoms. The van der Waals surface area contributed by atoms with E-state index in [4.69, 9.17) is 10.5 Å². The Balaban J connectivity index is 2.30. The van der Waals surface area contributed by atoms with Crippen molar-refractivity contribution >= 4 is 22.0 Å². The molecule has 8 nitrogen and oxygen atoms in total. The molecule has 9 heteroatoms. The van der Waals surface area contributed by atoms with Crippen molar-refractivity contribution < 1.29 is 22.7 Å². The number of benzene rings is 1. The van der Waals surface area contributed by atoms with Gasteiger partial charge in [0.05, 0.1) is 7.11 Å². The van der Waals surface area contributed by atoms with Crippen molar-refractivity contribution in [3.05, 3.63) is 24.3 Å². The van der Waals surface area contributed by atoms with Crippen LogP contribution in [0, 0.1) is 0 Å². The minimum atomic E-state index is -3.93. The van der Waals surface area contributed by atoms with Crippen LogP contribution in [0.25, 0.3) is 0 Å². The summed E-state index contributed by atoms with van der Waals surface area (Å²) in [7, 11) is -2.86. The maximum absolute atomic E-state index is 11.3. The van der Waals surface area contributed by atoms with Gasteiger partial charge in [0.25, 0.3) is 0 Å². The van der Waals surface area contributed by atoms with Crippen LogP contribution in [0.3, 0.4) is 0 Å². The van der Waals surface area contributed by atoms with Gasteiger partial charge in [-0.25, -0.2) is 9.52 Å². The van der Waals surface area contributed by atoms with Crippen LogP contribution < -0.4 is 19.9 Å². The third-order valence-corrected chi connectivity index (χ3v) is 2.97. The van der Waals surface area contributed by atoms with Gasteiger partial charge in [0, 0.05) is 12.2 Å². The van der Waals surface area contributed by atoms with Crippen LogP contribution >= 0.6 is 0 Å². The number of nitrogens with one attached hydrogen (secondary N) is 2. The van der Waals surface area contributed by atoms with Crippen LogP contribution in [0.15, 0.2) is 24.3 Å². The third-order valence-electron chi connectivity index (χ3n) is 1.95. The first-order valence-corrected chi connectivity index (χ1v) is 6.75. The first-order chi connectivity index (χ1) is 8.93. The molecule has 0 fully saturated rings. The standard InChI is InChI=1S/C10H15N3O5S/c1-17-10(14)13-19(15,16)12-6-7-18-9-4-2-8(11)3-5-9/h2-5,12H,6-7,11H2,1H3,(H,13,14). The van der Waals surface area contributed by atoms with Crippen LogP contribution in [-0.2, 0) is 14.9 Å². The van der Waals surface area contributed by atoms with E-state index < -0.39 is 16.3 Å². The Morgan fingerprint density at radius 3 is 2.53 bits per heavy atom. The van der Waals surface area contributed by atoms with Crippen LogP contribution in [0.5, 0.6) is 5.75 Å². The topological polar surface area (TPSA) is 120 Å². The zero-order valence-corrected chi connectivity index (χ0v) is 11.1. The molecule has 0 saturated heterocycles. The molecule has 0 unspecified atom stereocenters. The van der Waals surface area contributed by atoms with Gasteiger partial charge in [-0.05, 0) is 24.3 Å². The van der Waals surface area contributed by atoms with Gasteiger partial charge in [0.2, 0.25) is 0 Å². The highest BCUT2D eigenvalue weighted by Gasteiger charge is 2.13. The summed E-state index contributed by atoms with van der Waals surface area (Å²) in [5.74, 6) is 0.564. The fraction of sp³-hybridized carbons (Fsp3) is 0.300. The maximum Gasteiger partial charge on any atom is 0.421 e. The molecule has 0 atom stereocenters. The summed E-state index contributed by atoms with van der Waals surface area (Å²) in [5, 5.41) is 0. The van der Waals surface area contributed by atoms with E-state index in [1.165, 1.54) is 0 Å². The van der Waals surface area contributed by atoms with Gasteiger partial charge < -0.3 is 15.2 Å². The minimum Gasteiger partial charge on any atom is -0.492 e. The quantitative estimate of drug-likeness (QED) is 0.494. The van der Waals surface area contributed by atoms with Crippen molar-refractivity contribution in [2.75, 3.05) is 26.0 Å². The summed E-state index contributed by atoms with van der Waals surface area (Å²) in [6.45, 7) is 0.0999. The predicted octanol–water partition coefficient (Wildman–Crippen LogP) is -0.162. The average molecular weight is 289 g/mol. The summed E-state index contributed by atoms with van der Waals surface area (Å²) in [4.78, 5) is 10.7. The molecule has 0 aliphatic carbocycles. The highest BCUT2D eigenvalue weighted by Crippen LogP contribution is 2.12. The second-order valence-corrected chi connectivity index (χ2v) is 4.91. The Kier molecular flexibility index (Phi) is 5.39. The Labute approximate surface area is 111 Å². The third kappa shape index (κ3) is 5.93. The van der Waals surface area contributed by atoms with Crippen molar-refractivity contribution in [2.24, 2.45) is 0 Å². The molecule has 1 aromatic carbocycles. The van der Waals surface area contributed by atoms with E-state index in [1.807, 2.05) is 0 Å². The molecule has 4 N–H and O–H groups in total. The van der Waals surface area contributed by atoms with Gasteiger partial charge in [-0.15, -0.1) is 0 Å². The summed E-state index contributed by atoms with van der Waals surface area (Å²) in [5.41, 5.74) is 6.11. The maximum atomic E-state index is 11.3. The second kappa shape index (κ2) is 6.81. The zero-order chi connectivity index (χ0) is 14.3. The Hall–Kier alpha value is -2.00. The van der Waals surface area contributed by atoms with Gasteiger partial charge in [-0.1, -0.05) is 0 Å². The molecule has 1 aromatic rings. The molecular weight excluding hydrogens is 274 g/mol. The van der Waals surface area contributed by atoms with Crippen LogP contribution in [-0.4, -0.2) is 34.8 Å². The number of carbonyl (C=O) groups excluding carboxylic acids is 1. The molecule has 0 aromatic heterocycles. The van der Waals surface area contributed by atoms with E-state index in [-0.39, 0.29) is 13.2 Å². The Morgan fingerprint density at radius 2 is 1.95 bits per heavy atom. The summed E-state index contributed by atoms with van der Waals surface area (Å²) in [6, 6.07) is 6.66. The van der Waals surface area contributed by atoms with Crippen LogP contribution in [0.2, 0.25) is 0 Å². The largest absolute Gasteiger partial charge is 0.492 e. The average Bonchev–Trinajstić information content (AvgIpc) is 2.36. The van der Waals surface area contributed by atoms with Gasteiger partial charge in [0.15, 0.2) is 0 Å². The smallest absolute Gasteiger partial charge is 0.421 e. The molecule has 106 valence electrons. The van der Waals surface area contributed by atoms with Gasteiger partial charge in [-0.2, -0.15) is 13.1 Å². The molecule has 0 aliphatic heterocycles. The molecular formula is C10H15N3O5S. The number of methoxy groups -OCH3 is 1. The van der Waals surface area contributed by atoms with Crippen molar-refractivity contribution in [2.45, 2.75) is 0 Å². The number of rotatable bonds is 6. The highest BCUT2D eigenvalue weighted by molar-refractivity contribution is 7.88. The second-order valence-electron chi connectivity index (χ2n) is 3.41. The molecule has 0 saturated carbocycles. The van der Waals surface area contributed by atoms with E-state index in [0.717, 1.165) is 7.11 Å². The fourth-order valence-electron chi connectivity index (χ4n) is 1.10.